The average Bonchev–Trinajstić information content (AvgIpc) is 2.76. The summed E-state index contributed by atoms with van der Waals surface area (Å²) in [5, 5.41) is 0. The molecule has 0 spiro atoms. The maximum absolute atomic E-state index is 13.8. The van der Waals surface area contributed by atoms with Crippen LogP contribution in [0, 0.1) is 5.82 Å². The van der Waals surface area contributed by atoms with E-state index in [2.05, 4.69) is 15.9 Å². The van der Waals surface area contributed by atoms with E-state index in [0.717, 1.165) is 18.9 Å². The molecule has 0 atom stereocenters. The first kappa shape index (κ1) is 12.8. The molecular weight excluding hydrogens is 311 g/mol. The second-order valence-electron chi connectivity index (χ2n) is 3.93. The summed E-state index contributed by atoms with van der Waals surface area (Å²) in [5.74, 6) is -0.786. The number of anilines is 1. The van der Waals surface area contributed by atoms with Crippen LogP contribution in [0.1, 0.15) is 12.8 Å². The van der Waals surface area contributed by atoms with E-state index in [1.807, 2.05) is 0 Å². The molecule has 1 fully saturated rings. The number of halogens is 2. The lowest BCUT2D eigenvalue weighted by atomic mass is 10.3. The highest BCUT2D eigenvalue weighted by Crippen LogP contribution is 2.29. The molecule has 0 bridgehead atoms. The molecule has 1 aliphatic heterocycles. The van der Waals surface area contributed by atoms with E-state index in [1.54, 1.807) is 0 Å². The van der Waals surface area contributed by atoms with Gasteiger partial charge in [0.25, 0.3) is 0 Å². The number of hydrogen-bond donors (Lipinski definition) is 1. The average molecular weight is 323 g/mol. The predicted molar refractivity (Wildman–Crippen MR) is 66.5 cm³/mol. The van der Waals surface area contributed by atoms with Crippen molar-refractivity contribution in [3.05, 3.63) is 22.4 Å². The van der Waals surface area contributed by atoms with E-state index in [1.165, 1.54) is 10.4 Å². The zero-order chi connectivity index (χ0) is 12.6. The molecule has 1 saturated heterocycles. The van der Waals surface area contributed by atoms with E-state index in [0.29, 0.717) is 13.1 Å². The molecule has 0 aromatic heterocycles. The summed E-state index contributed by atoms with van der Waals surface area (Å²) in [7, 11) is -3.77. The van der Waals surface area contributed by atoms with Crippen LogP contribution in [0.2, 0.25) is 0 Å². The Balaban J connectivity index is 2.52. The molecule has 1 heterocycles. The monoisotopic (exact) mass is 322 g/mol. The van der Waals surface area contributed by atoms with Gasteiger partial charge in [-0.3, -0.25) is 0 Å². The fourth-order valence-corrected chi connectivity index (χ4v) is 4.09. The van der Waals surface area contributed by atoms with E-state index in [4.69, 9.17) is 5.73 Å². The summed E-state index contributed by atoms with van der Waals surface area (Å²) in [6.45, 7) is 0.877. The van der Waals surface area contributed by atoms with E-state index in [9.17, 15) is 12.8 Å². The number of nitrogens with two attached hydrogens (primary N) is 1. The normalized spacial score (nSPS) is 17.5. The second-order valence-corrected chi connectivity index (χ2v) is 6.69. The van der Waals surface area contributed by atoms with Gasteiger partial charge >= 0.3 is 0 Å². The zero-order valence-corrected chi connectivity index (χ0v) is 11.4. The van der Waals surface area contributed by atoms with Crippen molar-refractivity contribution in [1.29, 1.82) is 0 Å². The molecule has 0 amide bonds. The quantitative estimate of drug-likeness (QED) is 0.846. The summed E-state index contributed by atoms with van der Waals surface area (Å²) < 4.78 is 39.5. The van der Waals surface area contributed by atoms with Crippen LogP contribution in [-0.2, 0) is 10.0 Å². The van der Waals surface area contributed by atoms with E-state index in [-0.39, 0.29) is 15.1 Å². The largest absolute Gasteiger partial charge is 0.399 e. The van der Waals surface area contributed by atoms with Crippen LogP contribution in [-0.4, -0.2) is 25.8 Å². The van der Waals surface area contributed by atoms with Crippen molar-refractivity contribution in [3.63, 3.8) is 0 Å². The van der Waals surface area contributed by atoms with Gasteiger partial charge in [-0.25, -0.2) is 12.8 Å². The Labute approximate surface area is 108 Å². The minimum Gasteiger partial charge on any atom is -0.399 e. The Morgan fingerprint density at radius 3 is 2.47 bits per heavy atom. The van der Waals surface area contributed by atoms with Gasteiger partial charge in [0.05, 0.1) is 4.47 Å². The van der Waals surface area contributed by atoms with E-state index >= 15 is 0 Å². The van der Waals surface area contributed by atoms with Crippen molar-refractivity contribution in [1.82, 2.24) is 4.31 Å². The predicted octanol–water partition coefficient (Wildman–Crippen LogP) is 1.95. The molecule has 0 aliphatic carbocycles. The summed E-state index contributed by atoms with van der Waals surface area (Å²) >= 11 is 2.96. The topological polar surface area (TPSA) is 63.4 Å². The Bertz CT molecular complexity index is 541. The lowest BCUT2D eigenvalue weighted by molar-refractivity contribution is 0.469. The molecule has 1 aromatic carbocycles. The van der Waals surface area contributed by atoms with Crippen LogP contribution in [0.5, 0.6) is 0 Å². The Hall–Kier alpha value is -0.660. The molecule has 2 N–H and O–H groups in total. The maximum atomic E-state index is 13.8. The van der Waals surface area contributed by atoms with Crippen molar-refractivity contribution in [2.45, 2.75) is 17.7 Å². The number of nitrogens with zero attached hydrogens (tertiary/aromatic N) is 1. The fourth-order valence-electron chi connectivity index (χ4n) is 1.84. The number of hydrogen-bond acceptors (Lipinski definition) is 3. The summed E-state index contributed by atoms with van der Waals surface area (Å²) in [6, 6.07) is 2.51. The molecule has 17 heavy (non-hydrogen) atoms. The smallest absolute Gasteiger partial charge is 0.246 e. The first-order valence-electron chi connectivity index (χ1n) is 5.17. The van der Waals surface area contributed by atoms with Gasteiger partial charge in [-0.1, -0.05) is 0 Å². The molecule has 1 aromatic rings. The van der Waals surface area contributed by atoms with Crippen molar-refractivity contribution >= 4 is 31.6 Å². The van der Waals surface area contributed by atoms with Crippen LogP contribution < -0.4 is 5.73 Å². The third-order valence-corrected chi connectivity index (χ3v) is 5.17. The van der Waals surface area contributed by atoms with Crippen molar-refractivity contribution in [2.75, 3.05) is 18.8 Å². The molecule has 7 heteroatoms. The molecule has 0 radical (unpaired) electrons. The molecule has 1 aliphatic rings. The van der Waals surface area contributed by atoms with Gasteiger partial charge in [-0.2, -0.15) is 4.31 Å². The van der Waals surface area contributed by atoms with Gasteiger partial charge in [0, 0.05) is 18.8 Å². The minimum absolute atomic E-state index is 0.0651. The van der Waals surface area contributed by atoms with Gasteiger partial charge in [0.2, 0.25) is 10.0 Å². The summed E-state index contributed by atoms with van der Waals surface area (Å²) in [5.41, 5.74) is 5.76. The van der Waals surface area contributed by atoms with E-state index < -0.39 is 15.8 Å². The minimum atomic E-state index is -3.77. The highest BCUT2D eigenvalue weighted by atomic mass is 79.9. The molecule has 0 unspecified atom stereocenters. The highest BCUT2D eigenvalue weighted by molar-refractivity contribution is 9.10. The Morgan fingerprint density at radius 2 is 1.88 bits per heavy atom. The standard InChI is InChI=1S/C10H12BrFN2O2S/c11-8-5-7(13)6-9(10(8)12)17(15,16)14-3-1-2-4-14/h5-6H,1-4,13H2. The number of nitrogen functional groups attached to an aromatic ring is 1. The third-order valence-electron chi connectivity index (χ3n) is 2.70. The van der Waals surface area contributed by atoms with Crippen molar-refractivity contribution in [3.8, 4) is 0 Å². The third kappa shape index (κ3) is 2.31. The van der Waals surface area contributed by atoms with Gasteiger partial charge in [-0.15, -0.1) is 0 Å². The SMILES string of the molecule is Nc1cc(Br)c(F)c(S(=O)(=O)N2CCCC2)c1. The Kier molecular flexibility index (Phi) is 3.42. The number of sulfonamides is 1. The van der Waals surface area contributed by atoms with Crippen LogP contribution in [0.15, 0.2) is 21.5 Å². The fraction of sp³-hybridized carbons (Fsp3) is 0.400. The van der Waals surface area contributed by atoms with Gasteiger partial charge in [0.15, 0.2) is 5.82 Å². The van der Waals surface area contributed by atoms with Gasteiger partial charge < -0.3 is 5.73 Å². The molecule has 94 valence electrons. The number of rotatable bonds is 2. The van der Waals surface area contributed by atoms with Crippen molar-refractivity contribution < 1.29 is 12.8 Å². The molecule has 2 rings (SSSR count). The van der Waals surface area contributed by atoms with Gasteiger partial charge in [0.1, 0.15) is 4.90 Å². The summed E-state index contributed by atoms with van der Waals surface area (Å²) in [4.78, 5) is -0.355. The second kappa shape index (κ2) is 4.55. The first-order valence-corrected chi connectivity index (χ1v) is 7.41. The van der Waals surface area contributed by atoms with Crippen LogP contribution in [0.3, 0.4) is 0 Å². The Morgan fingerprint density at radius 1 is 1.29 bits per heavy atom. The van der Waals surface area contributed by atoms with Crippen molar-refractivity contribution in [2.24, 2.45) is 0 Å². The zero-order valence-electron chi connectivity index (χ0n) is 8.99. The highest BCUT2D eigenvalue weighted by Gasteiger charge is 2.30. The lowest BCUT2D eigenvalue weighted by Gasteiger charge is -2.16. The van der Waals surface area contributed by atoms with Crippen LogP contribution in [0.4, 0.5) is 10.1 Å². The van der Waals surface area contributed by atoms with Crippen LogP contribution in [0.25, 0.3) is 0 Å². The molecule has 4 nitrogen and oxygen atoms in total. The van der Waals surface area contributed by atoms with Gasteiger partial charge in [-0.05, 0) is 40.9 Å². The molecule has 0 saturated carbocycles. The maximum Gasteiger partial charge on any atom is 0.246 e. The number of benzene rings is 1. The van der Waals surface area contributed by atoms with Crippen LogP contribution >= 0.6 is 15.9 Å². The first-order chi connectivity index (χ1) is 7.93. The molecular formula is C10H12BrFN2O2S. The lowest BCUT2D eigenvalue weighted by Crippen LogP contribution is -2.28. The summed E-state index contributed by atoms with van der Waals surface area (Å²) in [6.07, 6.45) is 1.62.